The van der Waals surface area contributed by atoms with Crippen molar-refractivity contribution in [2.24, 2.45) is 0 Å². The van der Waals surface area contributed by atoms with Crippen LogP contribution in [-0.2, 0) is 0 Å². The molecule has 6 heterocycles. The van der Waals surface area contributed by atoms with Gasteiger partial charge in [0.25, 0.3) is 0 Å². The number of nitrogens with one attached hydrogen (secondary N) is 5. The van der Waals surface area contributed by atoms with Gasteiger partial charge in [0.1, 0.15) is 0 Å². The maximum atomic E-state index is 6.39. The Kier molecular flexibility index (Phi) is 7.76. The molecule has 8 nitrogen and oxygen atoms in total. The summed E-state index contributed by atoms with van der Waals surface area (Å²) in [7, 11) is 3.62. The van der Waals surface area contributed by atoms with Crippen molar-refractivity contribution >= 4 is 91.0 Å². The molecule has 0 amide bonds. The average Bonchev–Trinajstić information content (AvgIpc) is 3.79. The monoisotopic (exact) mass is 612 g/mol. The predicted molar refractivity (Wildman–Crippen MR) is 176 cm³/mol. The average molecular weight is 613 g/mol. The van der Waals surface area contributed by atoms with Crippen LogP contribution in [0.2, 0.25) is 0 Å². The number of ether oxygens (including phenoxy) is 2. The summed E-state index contributed by atoms with van der Waals surface area (Å²) in [5.41, 5.74) is 13.2. The van der Waals surface area contributed by atoms with Crippen molar-refractivity contribution < 1.29 is 9.47 Å². The second-order valence-electron chi connectivity index (χ2n) is 9.37. The van der Waals surface area contributed by atoms with Gasteiger partial charge in [0, 0.05) is 98.7 Å². The lowest BCUT2D eigenvalue weighted by atomic mass is 10.2. The van der Waals surface area contributed by atoms with Crippen LogP contribution in [0.3, 0.4) is 0 Å². The summed E-state index contributed by atoms with van der Waals surface area (Å²) >= 11 is 0. The Bertz CT molecular complexity index is 1490. The van der Waals surface area contributed by atoms with Gasteiger partial charge in [-0.3, -0.25) is 30.6 Å². The molecule has 0 fully saturated rings. The SMILES string of the molecule is COc1c(S2=CNCC2)c(S2=CNCC2)c2c(c1OC)c(S1=CNCC1)c(S1=CNCC1)n2S1=CNCC1. The van der Waals surface area contributed by atoms with E-state index in [-0.39, 0.29) is 52.6 Å². The number of methoxy groups -OCH3 is 2. The maximum Gasteiger partial charge on any atom is 0.175 e. The number of benzene rings is 1. The van der Waals surface area contributed by atoms with E-state index in [1.165, 1.54) is 30.6 Å². The molecule has 0 spiro atoms. The van der Waals surface area contributed by atoms with Gasteiger partial charge in [0.2, 0.25) is 0 Å². The van der Waals surface area contributed by atoms with Crippen LogP contribution in [-0.4, -0.2) is 107 Å². The van der Waals surface area contributed by atoms with Crippen molar-refractivity contribution in [2.75, 3.05) is 75.7 Å². The van der Waals surface area contributed by atoms with Crippen LogP contribution in [0.25, 0.3) is 10.9 Å². The van der Waals surface area contributed by atoms with E-state index in [0.29, 0.717) is 0 Å². The third-order valence-electron chi connectivity index (χ3n) is 7.23. The zero-order valence-corrected chi connectivity index (χ0v) is 25.8. The number of nitrogens with zero attached hydrogens (tertiary/aromatic N) is 1. The van der Waals surface area contributed by atoms with Gasteiger partial charge >= 0.3 is 0 Å². The van der Waals surface area contributed by atoms with Crippen molar-refractivity contribution in [1.29, 1.82) is 0 Å². The lowest BCUT2D eigenvalue weighted by molar-refractivity contribution is 0.349. The Balaban J connectivity index is 1.72. The molecule has 0 bridgehead atoms. The van der Waals surface area contributed by atoms with E-state index in [1.54, 1.807) is 0 Å². The highest BCUT2D eigenvalue weighted by molar-refractivity contribution is 8.19. The Morgan fingerprint density at radius 2 is 1.08 bits per heavy atom. The van der Waals surface area contributed by atoms with Crippen molar-refractivity contribution in [3.05, 3.63) is 0 Å². The molecule has 5 aliphatic rings. The van der Waals surface area contributed by atoms with Gasteiger partial charge in [-0.15, -0.1) is 41.9 Å². The van der Waals surface area contributed by atoms with Crippen LogP contribution in [0, 0.1) is 0 Å². The second kappa shape index (κ2) is 11.3. The van der Waals surface area contributed by atoms with E-state index in [4.69, 9.17) is 9.47 Å². The topological polar surface area (TPSA) is 83.5 Å². The van der Waals surface area contributed by atoms with Crippen LogP contribution in [0.15, 0.2) is 19.7 Å². The Morgan fingerprint density at radius 3 is 1.58 bits per heavy atom. The second-order valence-corrected chi connectivity index (χ2v) is 18.8. The van der Waals surface area contributed by atoms with Crippen LogP contribution in [0.1, 0.15) is 0 Å². The molecule has 13 heteroatoms. The molecule has 208 valence electrons. The van der Waals surface area contributed by atoms with Gasteiger partial charge in [-0.25, -0.2) is 0 Å². The molecule has 5 aliphatic heterocycles. The molecule has 1 aromatic heterocycles. The quantitative estimate of drug-likeness (QED) is 0.306. The van der Waals surface area contributed by atoms with Crippen molar-refractivity contribution in [3.63, 3.8) is 0 Å². The van der Waals surface area contributed by atoms with Gasteiger partial charge in [0.05, 0.1) is 35.0 Å². The molecule has 0 radical (unpaired) electrons. The third-order valence-corrected chi connectivity index (χ3v) is 17.5. The minimum absolute atomic E-state index is 0.00364. The standard InChI is InChI=1S/C25H36N6O2S5/c1-32-20-18-19(23(35-9-4-27-14-35)24(21(20)33-2)36-10-5-28-15-36)31(38-12-7-30-17-38)25(37-11-6-29-16-37)22(18)34-8-3-26-13-34/h13-17,26-30H,3-12H2,1-2H3. The summed E-state index contributed by atoms with van der Waals surface area (Å²) < 4.78 is 15.5. The molecule has 2 aromatic rings. The van der Waals surface area contributed by atoms with E-state index >= 15 is 0 Å². The zero-order chi connectivity index (χ0) is 25.6. The van der Waals surface area contributed by atoms with E-state index in [2.05, 4.69) is 58.0 Å². The lowest BCUT2D eigenvalue weighted by Crippen LogP contribution is -2.05. The van der Waals surface area contributed by atoms with Crippen LogP contribution >= 0.6 is 52.6 Å². The largest absolute Gasteiger partial charge is 0.492 e. The molecule has 0 aliphatic carbocycles. The first-order valence-electron chi connectivity index (χ1n) is 13.0. The molecule has 5 unspecified atom stereocenters. The third kappa shape index (κ3) is 4.29. The molecular formula is C25H36N6O2S5. The summed E-state index contributed by atoms with van der Waals surface area (Å²) in [5.74, 6) is 7.53. The van der Waals surface area contributed by atoms with Gasteiger partial charge in [-0.2, -0.15) is 0 Å². The zero-order valence-electron chi connectivity index (χ0n) is 21.8. The highest BCUT2D eigenvalue weighted by atomic mass is 32.2. The van der Waals surface area contributed by atoms with E-state index in [0.717, 1.165) is 73.0 Å². The van der Waals surface area contributed by atoms with E-state index in [9.17, 15) is 0 Å². The van der Waals surface area contributed by atoms with Gasteiger partial charge in [-0.1, -0.05) is 10.7 Å². The maximum absolute atomic E-state index is 6.39. The van der Waals surface area contributed by atoms with E-state index in [1.807, 2.05) is 14.2 Å². The molecule has 0 saturated heterocycles. The van der Waals surface area contributed by atoms with E-state index < -0.39 is 0 Å². The van der Waals surface area contributed by atoms with Crippen molar-refractivity contribution in [3.8, 4) is 11.5 Å². The lowest BCUT2D eigenvalue weighted by Gasteiger charge is -2.23. The normalized spacial score (nSPS) is 30.6. The summed E-state index contributed by atoms with van der Waals surface area (Å²) in [4.78, 5) is 4.32. The Labute approximate surface area is 236 Å². The minimum Gasteiger partial charge on any atom is -0.492 e. The number of hydrogen-bond donors (Lipinski definition) is 5. The fourth-order valence-electron chi connectivity index (χ4n) is 5.61. The molecular weight excluding hydrogens is 577 g/mol. The number of aromatic nitrogens is 1. The van der Waals surface area contributed by atoms with Crippen molar-refractivity contribution in [1.82, 2.24) is 30.6 Å². The van der Waals surface area contributed by atoms with Crippen LogP contribution < -0.4 is 36.1 Å². The summed E-state index contributed by atoms with van der Waals surface area (Å²) in [5, 5.41) is 20.6. The first-order valence-corrected chi connectivity index (χ1v) is 20.2. The summed E-state index contributed by atoms with van der Waals surface area (Å²) in [6, 6.07) is 0. The molecule has 5 N–H and O–H groups in total. The fourth-order valence-corrected chi connectivity index (χ4v) is 16.7. The smallest absolute Gasteiger partial charge is 0.175 e. The van der Waals surface area contributed by atoms with Gasteiger partial charge < -0.3 is 9.47 Å². The Morgan fingerprint density at radius 1 is 0.579 bits per heavy atom. The molecule has 5 atom stereocenters. The summed E-state index contributed by atoms with van der Waals surface area (Å²) in [6.45, 7) is 5.14. The molecule has 0 saturated carbocycles. The number of hydrogen-bond acceptors (Lipinski definition) is 7. The van der Waals surface area contributed by atoms with Gasteiger partial charge in [0.15, 0.2) is 11.5 Å². The summed E-state index contributed by atoms with van der Waals surface area (Å²) in [6.07, 6.45) is 0. The predicted octanol–water partition coefficient (Wildman–Crippen LogP) is 2.02. The molecule has 7 rings (SSSR count). The molecule has 38 heavy (non-hydrogen) atoms. The van der Waals surface area contributed by atoms with Crippen LogP contribution in [0.5, 0.6) is 11.5 Å². The minimum atomic E-state index is -0.0424. The Hall–Kier alpha value is -0.740. The number of rotatable bonds is 7. The highest BCUT2D eigenvalue weighted by Crippen LogP contribution is 2.60. The van der Waals surface area contributed by atoms with Gasteiger partial charge in [-0.05, 0) is 0 Å². The number of fused-ring (bicyclic) bond motifs is 1. The molecule has 1 aromatic carbocycles. The van der Waals surface area contributed by atoms with Crippen LogP contribution in [0.4, 0.5) is 0 Å². The first-order chi connectivity index (χ1) is 18.8. The van der Waals surface area contributed by atoms with Crippen molar-refractivity contribution in [2.45, 2.75) is 19.7 Å². The fraction of sp³-hybridized carbons (Fsp3) is 0.480. The highest BCUT2D eigenvalue weighted by Gasteiger charge is 2.35. The first kappa shape index (κ1) is 26.2.